The number of aliphatic hydroxyl groups is 2. The summed E-state index contributed by atoms with van der Waals surface area (Å²) in [4.78, 5) is 10.0. The Bertz CT molecular complexity index is 129. The van der Waals surface area contributed by atoms with Crippen molar-refractivity contribution in [3.8, 4) is 0 Å². The Hall–Kier alpha value is -0.260. The van der Waals surface area contributed by atoms with E-state index in [1.165, 1.54) is 11.8 Å². The molecule has 0 radical (unpaired) electrons. The summed E-state index contributed by atoms with van der Waals surface area (Å²) in [6.07, 6.45) is 0.00282. The minimum atomic E-state index is -0.801. The van der Waals surface area contributed by atoms with Gasteiger partial charge in [0.25, 0.3) is 0 Å². The van der Waals surface area contributed by atoms with Gasteiger partial charge in [0.05, 0.1) is 19.1 Å². The van der Waals surface area contributed by atoms with E-state index < -0.39 is 12.1 Å². The summed E-state index contributed by atoms with van der Waals surface area (Å²) in [5.74, 6) is 0.452. The zero-order valence-electron chi connectivity index (χ0n) is 6.77. The average Bonchev–Trinajstić information content (AvgIpc) is 2.03. The number of carboxylic acid groups (broad SMARTS) is 1. The van der Waals surface area contributed by atoms with E-state index in [0.29, 0.717) is 17.9 Å². The summed E-state index contributed by atoms with van der Waals surface area (Å²) in [6.45, 7) is -0.223. The summed E-state index contributed by atoms with van der Waals surface area (Å²) in [5, 5.41) is 25.6. The highest BCUT2D eigenvalue weighted by atomic mass is 32.2. The van der Waals surface area contributed by atoms with Crippen LogP contribution in [-0.2, 0) is 4.79 Å². The first-order valence-electron chi connectivity index (χ1n) is 3.75. The van der Waals surface area contributed by atoms with E-state index in [9.17, 15) is 4.79 Å². The van der Waals surface area contributed by atoms with Crippen molar-refractivity contribution in [3.05, 3.63) is 0 Å². The van der Waals surface area contributed by atoms with E-state index in [1.54, 1.807) is 0 Å². The molecule has 0 saturated heterocycles. The maximum Gasteiger partial charge on any atom is 0.304 e. The van der Waals surface area contributed by atoms with Gasteiger partial charge < -0.3 is 15.3 Å². The Morgan fingerprint density at radius 1 is 1.42 bits per heavy atom. The first-order valence-corrected chi connectivity index (χ1v) is 4.90. The van der Waals surface area contributed by atoms with E-state index in [-0.39, 0.29) is 13.0 Å². The van der Waals surface area contributed by atoms with Gasteiger partial charge in [-0.1, -0.05) is 0 Å². The summed E-state index contributed by atoms with van der Waals surface area (Å²) < 4.78 is 0. The van der Waals surface area contributed by atoms with Gasteiger partial charge >= 0.3 is 5.97 Å². The number of thioether (sulfide) groups is 1. The van der Waals surface area contributed by atoms with Crippen LogP contribution in [0.25, 0.3) is 0 Å². The molecule has 0 aromatic rings. The number of carboxylic acids is 1. The molecule has 0 saturated carbocycles. The Balaban J connectivity index is 3.05. The van der Waals surface area contributed by atoms with Crippen LogP contribution in [0.15, 0.2) is 0 Å². The lowest BCUT2D eigenvalue weighted by Crippen LogP contribution is -2.12. The molecule has 0 bridgehead atoms. The van der Waals surface area contributed by atoms with Gasteiger partial charge in [0.2, 0.25) is 0 Å². The van der Waals surface area contributed by atoms with Gasteiger partial charge in [0, 0.05) is 5.75 Å². The summed E-state index contributed by atoms with van der Waals surface area (Å²) >= 11 is 1.47. The molecule has 0 fully saturated rings. The van der Waals surface area contributed by atoms with Crippen LogP contribution in [0.4, 0.5) is 0 Å². The highest BCUT2D eigenvalue weighted by Crippen LogP contribution is 2.06. The molecule has 0 aliphatic rings. The maximum absolute atomic E-state index is 10.0. The molecule has 1 unspecified atom stereocenters. The van der Waals surface area contributed by atoms with Gasteiger partial charge in [0.1, 0.15) is 0 Å². The lowest BCUT2D eigenvalue weighted by Gasteiger charge is -2.04. The standard InChI is InChI=1S/C7H14O4S/c8-5-6(9)1-3-12-4-2-7(10)11/h6,8-9H,1-5H2,(H,10,11). The fourth-order valence-corrected chi connectivity index (χ4v) is 1.53. The van der Waals surface area contributed by atoms with E-state index >= 15 is 0 Å². The van der Waals surface area contributed by atoms with E-state index in [1.807, 2.05) is 0 Å². The minimum Gasteiger partial charge on any atom is -0.481 e. The molecule has 0 aliphatic heterocycles. The largest absolute Gasteiger partial charge is 0.481 e. The first kappa shape index (κ1) is 11.7. The minimum absolute atomic E-state index is 0.153. The third-order valence-electron chi connectivity index (χ3n) is 1.27. The molecule has 0 aromatic heterocycles. The van der Waals surface area contributed by atoms with Crippen molar-refractivity contribution in [2.75, 3.05) is 18.1 Å². The molecule has 1 atom stereocenters. The van der Waals surface area contributed by atoms with Crippen LogP contribution in [0, 0.1) is 0 Å². The number of aliphatic carboxylic acids is 1. The normalized spacial score (nSPS) is 12.8. The van der Waals surface area contributed by atoms with Crippen LogP contribution in [0.2, 0.25) is 0 Å². The fraction of sp³-hybridized carbons (Fsp3) is 0.857. The van der Waals surface area contributed by atoms with E-state index in [4.69, 9.17) is 15.3 Å². The second-order valence-corrected chi connectivity index (χ2v) is 3.61. The molecule has 12 heavy (non-hydrogen) atoms. The highest BCUT2D eigenvalue weighted by molar-refractivity contribution is 7.99. The number of hydrogen-bond donors (Lipinski definition) is 3. The van der Waals surface area contributed by atoms with Gasteiger partial charge in [0.15, 0.2) is 0 Å². The summed E-state index contributed by atoms with van der Waals surface area (Å²) in [7, 11) is 0. The quantitative estimate of drug-likeness (QED) is 0.495. The Labute approximate surface area is 75.6 Å². The molecular formula is C7H14O4S. The first-order chi connectivity index (χ1) is 5.66. The second-order valence-electron chi connectivity index (χ2n) is 2.38. The van der Waals surface area contributed by atoms with Crippen molar-refractivity contribution in [2.24, 2.45) is 0 Å². The van der Waals surface area contributed by atoms with Crippen LogP contribution in [0.3, 0.4) is 0 Å². The molecule has 0 heterocycles. The monoisotopic (exact) mass is 194 g/mol. The van der Waals surface area contributed by atoms with Crippen LogP contribution in [-0.4, -0.2) is 45.5 Å². The van der Waals surface area contributed by atoms with Crippen molar-refractivity contribution in [3.63, 3.8) is 0 Å². The lowest BCUT2D eigenvalue weighted by atomic mass is 10.3. The van der Waals surface area contributed by atoms with Crippen LogP contribution < -0.4 is 0 Å². The third-order valence-corrected chi connectivity index (χ3v) is 2.28. The van der Waals surface area contributed by atoms with E-state index in [0.717, 1.165) is 0 Å². The predicted molar refractivity (Wildman–Crippen MR) is 47.3 cm³/mol. The fourth-order valence-electron chi connectivity index (χ4n) is 0.572. The Kier molecular flexibility index (Phi) is 7.23. The van der Waals surface area contributed by atoms with Gasteiger partial charge in [-0.05, 0) is 12.2 Å². The molecule has 4 nitrogen and oxygen atoms in total. The van der Waals surface area contributed by atoms with Crippen LogP contribution in [0.5, 0.6) is 0 Å². The maximum atomic E-state index is 10.0. The zero-order valence-corrected chi connectivity index (χ0v) is 7.59. The van der Waals surface area contributed by atoms with Gasteiger partial charge in [-0.2, -0.15) is 11.8 Å². The predicted octanol–water partition coefficient (Wildman–Crippen LogP) is -0.0624. The van der Waals surface area contributed by atoms with Crippen LogP contribution in [0.1, 0.15) is 12.8 Å². The van der Waals surface area contributed by atoms with E-state index in [2.05, 4.69) is 0 Å². The molecular weight excluding hydrogens is 180 g/mol. The van der Waals surface area contributed by atoms with Crippen molar-refractivity contribution in [1.29, 1.82) is 0 Å². The lowest BCUT2D eigenvalue weighted by molar-refractivity contribution is -0.136. The Morgan fingerprint density at radius 3 is 2.58 bits per heavy atom. The molecule has 72 valence electrons. The molecule has 0 aliphatic carbocycles. The van der Waals surface area contributed by atoms with Crippen LogP contribution >= 0.6 is 11.8 Å². The second kappa shape index (κ2) is 7.39. The van der Waals surface area contributed by atoms with Crippen molar-refractivity contribution < 1.29 is 20.1 Å². The number of rotatable bonds is 7. The SMILES string of the molecule is O=C(O)CCSCCC(O)CO. The van der Waals surface area contributed by atoms with Crippen molar-refractivity contribution in [2.45, 2.75) is 18.9 Å². The summed E-state index contributed by atoms with van der Waals surface area (Å²) in [5.41, 5.74) is 0. The average molecular weight is 194 g/mol. The van der Waals surface area contributed by atoms with Gasteiger partial charge in [-0.3, -0.25) is 4.79 Å². The number of hydrogen-bond acceptors (Lipinski definition) is 4. The highest BCUT2D eigenvalue weighted by Gasteiger charge is 2.01. The summed E-state index contributed by atoms with van der Waals surface area (Å²) in [6, 6.07) is 0. The third kappa shape index (κ3) is 7.84. The van der Waals surface area contributed by atoms with Crippen molar-refractivity contribution >= 4 is 17.7 Å². The molecule has 0 rings (SSSR count). The molecule has 0 aromatic carbocycles. The number of aliphatic hydroxyl groups excluding tert-OH is 2. The molecule has 0 spiro atoms. The molecule has 0 amide bonds. The smallest absolute Gasteiger partial charge is 0.304 e. The number of carbonyl (C=O) groups is 1. The zero-order chi connectivity index (χ0) is 9.40. The van der Waals surface area contributed by atoms with Crippen molar-refractivity contribution in [1.82, 2.24) is 0 Å². The molecule has 5 heteroatoms. The molecule has 3 N–H and O–H groups in total. The topological polar surface area (TPSA) is 77.8 Å². The van der Waals surface area contributed by atoms with Gasteiger partial charge in [-0.25, -0.2) is 0 Å². The van der Waals surface area contributed by atoms with Gasteiger partial charge in [-0.15, -0.1) is 0 Å². The Morgan fingerprint density at radius 2 is 2.08 bits per heavy atom.